The summed E-state index contributed by atoms with van der Waals surface area (Å²) in [7, 11) is 0. The fourth-order valence-electron chi connectivity index (χ4n) is 0.638. The van der Waals surface area contributed by atoms with Crippen LogP contribution < -0.4 is 10.9 Å². The number of nitrogens with one attached hydrogen (secondary N) is 2. The molecule has 0 aliphatic rings. The van der Waals surface area contributed by atoms with Crippen LogP contribution in [0.4, 0.5) is 0 Å². The van der Waals surface area contributed by atoms with Crippen LogP contribution in [0.25, 0.3) is 0 Å². The van der Waals surface area contributed by atoms with E-state index in [0.717, 1.165) is 0 Å². The van der Waals surface area contributed by atoms with Gasteiger partial charge in [-0.2, -0.15) is 0 Å². The van der Waals surface area contributed by atoms with E-state index in [2.05, 4.69) is 10.9 Å². The molecule has 0 bridgehead atoms. The zero-order valence-corrected chi connectivity index (χ0v) is 6.26. The van der Waals surface area contributed by atoms with Crippen LogP contribution in [0.1, 0.15) is 17.5 Å². The fourth-order valence-corrected chi connectivity index (χ4v) is 0.638. The second-order valence-corrected chi connectivity index (χ2v) is 1.96. The molecule has 1 aromatic rings. The molecule has 4 heteroatoms. The summed E-state index contributed by atoms with van der Waals surface area (Å²) in [5.74, 6) is 0.0581. The van der Waals surface area contributed by atoms with Crippen molar-refractivity contribution in [1.29, 1.82) is 0 Å². The highest BCUT2D eigenvalue weighted by molar-refractivity contribution is 5.90. The summed E-state index contributed by atoms with van der Waals surface area (Å²) in [5.41, 5.74) is 5.13. The van der Waals surface area contributed by atoms with Crippen LogP contribution >= 0.6 is 0 Å². The van der Waals surface area contributed by atoms with Crippen molar-refractivity contribution in [3.63, 3.8) is 0 Å². The molecule has 11 heavy (non-hydrogen) atoms. The minimum atomic E-state index is -0.253. The van der Waals surface area contributed by atoms with Crippen molar-refractivity contribution >= 4 is 5.91 Å². The molecule has 0 radical (unpaired) electrons. The molecule has 4 nitrogen and oxygen atoms in total. The second-order valence-electron chi connectivity index (χ2n) is 1.96. The van der Waals surface area contributed by atoms with Crippen molar-refractivity contribution in [3.05, 3.63) is 24.2 Å². The first-order valence-corrected chi connectivity index (χ1v) is 3.41. The van der Waals surface area contributed by atoms with E-state index >= 15 is 0 Å². The number of carbonyl (C=O) groups is 1. The van der Waals surface area contributed by atoms with Gasteiger partial charge in [0, 0.05) is 6.54 Å². The molecule has 1 rings (SSSR count). The Hall–Kier alpha value is -1.29. The molecule has 60 valence electrons. The summed E-state index contributed by atoms with van der Waals surface area (Å²) in [5, 5.41) is 0. The molecular formula is C7H10N2O2. The van der Waals surface area contributed by atoms with Gasteiger partial charge in [-0.15, -0.1) is 0 Å². The van der Waals surface area contributed by atoms with E-state index in [1.807, 2.05) is 6.92 Å². The van der Waals surface area contributed by atoms with E-state index in [-0.39, 0.29) is 5.91 Å². The third kappa shape index (κ3) is 2.09. The lowest BCUT2D eigenvalue weighted by molar-refractivity contribution is 0.0906. The highest BCUT2D eigenvalue weighted by Gasteiger charge is 2.05. The predicted octanol–water partition coefficient (Wildman–Crippen LogP) is 0.534. The molecule has 0 spiro atoms. The van der Waals surface area contributed by atoms with Crippen molar-refractivity contribution in [2.24, 2.45) is 0 Å². The zero-order chi connectivity index (χ0) is 8.10. The van der Waals surface area contributed by atoms with Gasteiger partial charge in [-0.25, -0.2) is 5.43 Å². The van der Waals surface area contributed by atoms with Gasteiger partial charge in [0.2, 0.25) is 0 Å². The van der Waals surface area contributed by atoms with Crippen molar-refractivity contribution in [3.8, 4) is 0 Å². The van der Waals surface area contributed by atoms with Crippen LogP contribution in [0.15, 0.2) is 22.8 Å². The molecule has 0 aromatic carbocycles. The van der Waals surface area contributed by atoms with Gasteiger partial charge in [0.15, 0.2) is 5.76 Å². The van der Waals surface area contributed by atoms with Crippen molar-refractivity contribution in [1.82, 2.24) is 10.9 Å². The summed E-state index contributed by atoms with van der Waals surface area (Å²) in [4.78, 5) is 11.0. The Labute approximate surface area is 64.6 Å². The summed E-state index contributed by atoms with van der Waals surface area (Å²) in [6.07, 6.45) is 1.46. The summed E-state index contributed by atoms with van der Waals surface area (Å²) in [6, 6.07) is 3.27. The van der Waals surface area contributed by atoms with Gasteiger partial charge in [-0.1, -0.05) is 6.92 Å². The van der Waals surface area contributed by atoms with Crippen molar-refractivity contribution in [2.45, 2.75) is 6.92 Å². The summed E-state index contributed by atoms with van der Waals surface area (Å²) < 4.78 is 4.84. The average Bonchev–Trinajstić information content (AvgIpc) is 2.52. The average molecular weight is 154 g/mol. The number of hydrogen-bond acceptors (Lipinski definition) is 3. The molecule has 0 fully saturated rings. The Morgan fingerprint density at radius 2 is 2.55 bits per heavy atom. The number of rotatable bonds is 3. The molecule has 0 aliphatic carbocycles. The maximum atomic E-state index is 11.0. The molecule has 2 N–H and O–H groups in total. The molecule has 1 aromatic heterocycles. The van der Waals surface area contributed by atoms with E-state index in [1.165, 1.54) is 6.26 Å². The van der Waals surface area contributed by atoms with E-state index in [9.17, 15) is 4.79 Å². The molecule has 0 aliphatic heterocycles. The number of furan rings is 1. The van der Waals surface area contributed by atoms with Gasteiger partial charge in [0.1, 0.15) is 0 Å². The van der Waals surface area contributed by atoms with Crippen molar-refractivity contribution < 1.29 is 9.21 Å². The van der Waals surface area contributed by atoms with Crippen LogP contribution in [0, 0.1) is 0 Å². The molecule has 1 heterocycles. The lowest BCUT2D eigenvalue weighted by atomic mass is 10.4. The first-order valence-electron chi connectivity index (χ1n) is 3.41. The van der Waals surface area contributed by atoms with E-state index in [1.54, 1.807) is 12.1 Å². The smallest absolute Gasteiger partial charge is 0.301 e. The lowest BCUT2D eigenvalue weighted by Crippen LogP contribution is -2.36. The van der Waals surface area contributed by atoms with Gasteiger partial charge >= 0.3 is 5.91 Å². The first kappa shape index (κ1) is 7.81. The second kappa shape index (κ2) is 3.78. The van der Waals surface area contributed by atoms with E-state index < -0.39 is 0 Å². The predicted molar refractivity (Wildman–Crippen MR) is 39.9 cm³/mol. The van der Waals surface area contributed by atoms with Crippen LogP contribution in [-0.2, 0) is 0 Å². The van der Waals surface area contributed by atoms with Gasteiger partial charge in [0.25, 0.3) is 0 Å². The van der Waals surface area contributed by atoms with Gasteiger partial charge < -0.3 is 4.42 Å². The van der Waals surface area contributed by atoms with Crippen LogP contribution in [-0.4, -0.2) is 12.5 Å². The zero-order valence-electron chi connectivity index (χ0n) is 6.26. The maximum absolute atomic E-state index is 11.0. The minimum Gasteiger partial charge on any atom is -0.459 e. The molecule has 0 saturated heterocycles. The number of hydrogen-bond donors (Lipinski definition) is 2. The molecular weight excluding hydrogens is 144 g/mol. The third-order valence-corrected chi connectivity index (χ3v) is 1.12. The number of hydrazine groups is 1. The van der Waals surface area contributed by atoms with Crippen LogP contribution in [0.2, 0.25) is 0 Å². The molecule has 1 amide bonds. The van der Waals surface area contributed by atoms with E-state index in [0.29, 0.717) is 12.3 Å². The highest BCUT2D eigenvalue weighted by atomic mass is 16.3. The largest absolute Gasteiger partial charge is 0.459 e. The lowest BCUT2D eigenvalue weighted by Gasteiger charge is -2.00. The van der Waals surface area contributed by atoms with E-state index in [4.69, 9.17) is 4.42 Å². The Morgan fingerprint density at radius 3 is 3.09 bits per heavy atom. The van der Waals surface area contributed by atoms with Gasteiger partial charge in [-0.3, -0.25) is 10.2 Å². The topological polar surface area (TPSA) is 54.3 Å². The standard InChI is InChI=1S/C7H10N2O2/c1-2-8-9-7(10)6-4-3-5-11-6/h3-5,8H,2H2,1H3,(H,9,10). The molecule has 0 saturated carbocycles. The van der Waals surface area contributed by atoms with Gasteiger partial charge in [-0.05, 0) is 12.1 Å². The monoisotopic (exact) mass is 154 g/mol. The summed E-state index contributed by atoms with van der Waals surface area (Å²) >= 11 is 0. The number of amides is 1. The highest BCUT2D eigenvalue weighted by Crippen LogP contribution is 1.97. The normalized spacial score (nSPS) is 9.55. The summed E-state index contributed by atoms with van der Waals surface area (Å²) in [6.45, 7) is 2.58. The van der Waals surface area contributed by atoms with Crippen LogP contribution in [0.5, 0.6) is 0 Å². The Balaban J connectivity index is 2.43. The van der Waals surface area contributed by atoms with Crippen molar-refractivity contribution in [2.75, 3.05) is 6.54 Å². The molecule has 0 atom stereocenters. The van der Waals surface area contributed by atoms with Crippen LogP contribution in [0.3, 0.4) is 0 Å². The quantitative estimate of drug-likeness (QED) is 0.624. The number of carbonyl (C=O) groups excluding carboxylic acids is 1. The fraction of sp³-hybridized carbons (Fsp3) is 0.286. The first-order chi connectivity index (χ1) is 5.34. The maximum Gasteiger partial charge on any atom is 0.301 e. The Kier molecular flexibility index (Phi) is 2.68. The van der Waals surface area contributed by atoms with Gasteiger partial charge in [0.05, 0.1) is 6.26 Å². The third-order valence-electron chi connectivity index (χ3n) is 1.12. The minimum absolute atomic E-state index is 0.253. The molecule has 0 unspecified atom stereocenters. The Bertz CT molecular complexity index is 218. The SMILES string of the molecule is CCNNC(=O)c1ccco1. The Morgan fingerprint density at radius 1 is 1.73 bits per heavy atom.